The smallest absolute Gasteiger partial charge is 0.231 e. The van der Waals surface area contributed by atoms with Gasteiger partial charge in [-0.15, -0.1) is 36.2 Å². The molecule has 1 aliphatic rings. The quantitative estimate of drug-likeness (QED) is 0.691. The summed E-state index contributed by atoms with van der Waals surface area (Å²) < 4.78 is 10.7. The molecular weight excluding hydrogens is 385 g/mol. The van der Waals surface area contributed by atoms with Crippen molar-refractivity contribution in [1.82, 2.24) is 10.3 Å². The van der Waals surface area contributed by atoms with Crippen molar-refractivity contribution in [3.05, 3.63) is 29.3 Å². The zero-order chi connectivity index (χ0) is 16.1. The number of benzene rings is 1. The fraction of sp³-hybridized carbons (Fsp3) is 0.375. The van der Waals surface area contributed by atoms with Crippen molar-refractivity contribution in [2.75, 3.05) is 19.9 Å². The van der Waals surface area contributed by atoms with Crippen molar-refractivity contribution >= 4 is 42.1 Å². The molecule has 0 bridgehead atoms. The molecular formula is C16H21Cl2N3O3S. The van der Waals surface area contributed by atoms with E-state index < -0.39 is 0 Å². The summed E-state index contributed by atoms with van der Waals surface area (Å²) in [5.74, 6) is 1.48. The van der Waals surface area contributed by atoms with Gasteiger partial charge in [-0.3, -0.25) is 4.79 Å². The lowest BCUT2D eigenvalue weighted by Crippen LogP contribution is -2.26. The predicted octanol–water partition coefficient (Wildman–Crippen LogP) is 2.78. The minimum atomic E-state index is -0.00967. The molecule has 25 heavy (non-hydrogen) atoms. The normalized spacial score (nSPS) is 11.4. The second kappa shape index (κ2) is 10.5. The first-order valence-corrected chi connectivity index (χ1v) is 8.45. The van der Waals surface area contributed by atoms with Crippen LogP contribution < -0.4 is 20.5 Å². The Morgan fingerprint density at radius 2 is 2.04 bits per heavy atom. The van der Waals surface area contributed by atoms with Crippen LogP contribution in [0.1, 0.15) is 18.5 Å². The van der Waals surface area contributed by atoms with E-state index in [1.165, 1.54) is 11.3 Å². The number of carbonyl (C=O) groups is 1. The number of carbonyl (C=O) groups excluding carboxylic acids is 1. The van der Waals surface area contributed by atoms with Crippen LogP contribution in [0.15, 0.2) is 23.6 Å². The van der Waals surface area contributed by atoms with Gasteiger partial charge in [-0.1, -0.05) is 0 Å². The van der Waals surface area contributed by atoms with Crippen molar-refractivity contribution < 1.29 is 14.3 Å². The number of nitrogens with zero attached hydrogens (tertiary/aromatic N) is 1. The zero-order valence-corrected chi connectivity index (χ0v) is 16.0. The molecule has 2 heterocycles. The first-order valence-electron chi connectivity index (χ1n) is 7.57. The van der Waals surface area contributed by atoms with Crippen LogP contribution in [0.3, 0.4) is 0 Å². The van der Waals surface area contributed by atoms with Gasteiger partial charge in [0.15, 0.2) is 11.5 Å². The first kappa shape index (κ1) is 21.5. The number of thiazole rings is 1. The number of ether oxygens (including phenoxy) is 2. The molecule has 0 saturated carbocycles. The standard InChI is InChI=1S/C16H19N3O3S.2ClH/c17-5-1-2-6-18-15(20)8-12-9-23-16(19-12)11-3-4-13-14(7-11)22-10-21-13;;/h3-4,7,9H,1-2,5-6,8,10,17H2,(H,18,20);2*1H. The maximum atomic E-state index is 11.9. The molecule has 0 radical (unpaired) electrons. The highest BCUT2D eigenvalue weighted by Crippen LogP contribution is 2.36. The molecule has 9 heteroatoms. The number of amides is 1. The van der Waals surface area contributed by atoms with Gasteiger partial charge >= 0.3 is 0 Å². The number of fused-ring (bicyclic) bond motifs is 1. The molecule has 6 nitrogen and oxygen atoms in total. The average Bonchev–Trinajstić information content (AvgIpc) is 3.19. The summed E-state index contributed by atoms with van der Waals surface area (Å²) in [5.41, 5.74) is 7.17. The van der Waals surface area contributed by atoms with E-state index in [1.807, 2.05) is 23.6 Å². The van der Waals surface area contributed by atoms with E-state index in [1.54, 1.807) is 0 Å². The van der Waals surface area contributed by atoms with Crippen LogP contribution in [0.4, 0.5) is 0 Å². The van der Waals surface area contributed by atoms with E-state index in [0.29, 0.717) is 19.5 Å². The van der Waals surface area contributed by atoms with Gasteiger partial charge in [0.1, 0.15) is 5.01 Å². The van der Waals surface area contributed by atoms with Crippen LogP contribution in [-0.4, -0.2) is 30.8 Å². The Balaban J connectivity index is 0.00000156. The third-order valence-electron chi connectivity index (χ3n) is 3.47. The van der Waals surface area contributed by atoms with E-state index in [4.69, 9.17) is 15.2 Å². The summed E-state index contributed by atoms with van der Waals surface area (Å²) in [6.45, 7) is 1.57. The van der Waals surface area contributed by atoms with E-state index in [-0.39, 0.29) is 37.5 Å². The van der Waals surface area contributed by atoms with Crippen LogP contribution in [0.25, 0.3) is 10.6 Å². The highest BCUT2D eigenvalue weighted by Gasteiger charge is 2.15. The SMILES string of the molecule is Cl.Cl.NCCCCNC(=O)Cc1csc(-c2ccc3c(c2)OCO3)n1. The minimum absolute atomic E-state index is 0. The highest BCUT2D eigenvalue weighted by molar-refractivity contribution is 7.13. The average molecular weight is 406 g/mol. The van der Waals surface area contributed by atoms with Gasteiger partial charge < -0.3 is 20.5 Å². The molecule has 3 rings (SSSR count). The predicted molar refractivity (Wildman–Crippen MR) is 103 cm³/mol. The van der Waals surface area contributed by atoms with Gasteiger partial charge in [0.25, 0.3) is 0 Å². The molecule has 2 aromatic rings. The Labute approximate surface area is 162 Å². The van der Waals surface area contributed by atoms with Crippen LogP contribution >= 0.6 is 36.2 Å². The van der Waals surface area contributed by atoms with Crippen LogP contribution in [0.2, 0.25) is 0 Å². The zero-order valence-electron chi connectivity index (χ0n) is 13.5. The number of aromatic nitrogens is 1. The van der Waals surface area contributed by atoms with Gasteiger partial charge in [0.2, 0.25) is 12.7 Å². The molecule has 0 saturated heterocycles. The van der Waals surface area contributed by atoms with Crippen LogP contribution in [0, 0.1) is 0 Å². The molecule has 1 aliphatic heterocycles. The lowest BCUT2D eigenvalue weighted by molar-refractivity contribution is -0.120. The van der Waals surface area contributed by atoms with Gasteiger partial charge in [-0.25, -0.2) is 4.98 Å². The summed E-state index contributed by atoms with van der Waals surface area (Å²) in [7, 11) is 0. The van der Waals surface area contributed by atoms with E-state index in [9.17, 15) is 4.79 Å². The van der Waals surface area contributed by atoms with Crippen LogP contribution in [-0.2, 0) is 11.2 Å². The molecule has 0 aliphatic carbocycles. The van der Waals surface area contributed by atoms with Crippen molar-refractivity contribution in [3.63, 3.8) is 0 Å². The van der Waals surface area contributed by atoms with Crippen molar-refractivity contribution in [1.29, 1.82) is 0 Å². The van der Waals surface area contributed by atoms with Gasteiger partial charge in [0, 0.05) is 17.5 Å². The number of hydrogen-bond acceptors (Lipinski definition) is 6. The van der Waals surface area contributed by atoms with Gasteiger partial charge in [-0.2, -0.15) is 0 Å². The number of rotatable bonds is 7. The molecule has 0 unspecified atom stereocenters. The molecule has 1 aromatic heterocycles. The fourth-order valence-electron chi connectivity index (χ4n) is 2.27. The number of unbranched alkanes of at least 4 members (excludes halogenated alkanes) is 1. The summed E-state index contributed by atoms with van der Waals surface area (Å²) in [6, 6.07) is 5.74. The van der Waals surface area contributed by atoms with E-state index >= 15 is 0 Å². The third-order valence-corrected chi connectivity index (χ3v) is 4.41. The molecule has 1 aromatic carbocycles. The number of halogens is 2. The van der Waals surface area contributed by atoms with E-state index in [0.717, 1.165) is 40.6 Å². The maximum Gasteiger partial charge on any atom is 0.231 e. The Hall–Kier alpha value is -1.54. The third kappa shape index (κ3) is 5.74. The molecule has 138 valence electrons. The second-order valence-electron chi connectivity index (χ2n) is 5.23. The van der Waals surface area contributed by atoms with Gasteiger partial charge in [0.05, 0.1) is 12.1 Å². The second-order valence-corrected chi connectivity index (χ2v) is 6.09. The molecule has 0 atom stereocenters. The largest absolute Gasteiger partial charge is 0.454 e. The molecule has 0 spiro atoms. The number of nitrogens with one attached hydrogen (secondary N) is 1. The summed E-state index contributed by atoms with van der Waals surface area (Å²) >= 11 is 1.52. The lowest BCUT2D eigenvalue weighted by Gasteiger charge is -2.03. The molecule has 1 amide bonds. The summed E-state index contributed by atoms with van der Waals surface area (Å²) in [6.07, 6.45) is 2.12. The Morgan fingerprint density at radius 1 is 1.24 bits per heavy atom. The summed E-state index contributed by atoms with van der Waals surface area (Å²) in [5, 5.41) is 5.67. The van der Waals surface area contributed by atoms with Gasteiger partial charge in [-0.05, 0) is 37.6 Å². The Morgan fingerprint density at radius 3 is 2.84 bits per heavy atom. The number of hydrogen-bond donors (Lipinski definition) is 2. The molecule has 0 fully saturated rings. The highest BCUT2D eigenvalue weighted by atomic mass is 35.5. The summed E-state index contributed by atoms with van der Waals surface area (Å²) in [4.78, 5) is 16.4. The lowest BCUT2D eigenvalue weighted by atomic mass is 10.2. The monoisotopic (exact) mass is 405 g/mol. The first-order chi connectivity index (χ1) is 11.3. The van der Waals surface area contributed by atoms with E-state index in [2.05, 4.69) is 10.3 Å². The minimum Gasteiger partial charge on any atom is -0.454 e. The fourth-order valence-corrected chi connectivity index (χ4v) is 3.09. The van der Waals surface area contributed by atoms with Crippen LogP contribution in [0.5, 0.6) is 11.5 Å². The van der Waals surface area contributed by atoms with Crippen molar-refractivity contribution in [3.8, 4) is 22.1 Å². The molecule has 3 N–H and O–H groups in total. The maximum absolute atomic E-state index is 11.9. The number of nitrogens with two attached hydrogens (primary N) is 1. The van der Waals surface area contributed by atoms with Crippen molar-refractivity contribution in [2.45, 2.75) is 19.3 Å². The Bertz CT molecular complexity index is 697. The topological polar surface area (TPSA) is 86.5 Å². The Kier molecular flexibility index (Phi) is 8.99. The van der Waals surface area contributed by atoms with Crippen molar-refractivity contribution in [2.24, 2.45) is 5.73 Å².